The summed E-state index contributed by atoms with van der Waals surface area (Å²) in [5, 5.41) is 8.25. The second-order valence-corrected chi connectivity index (χ2v) is 18.2. The minimum absolute atomic E-state index is 0.00128. The van der Waals surface area contributed by atoms with Crippen LogP contribution in [0.15, 0.2) is 0 Å². The van der Waals surface area contributed by atoms with Gasteiger partial charge in [-0.15, -0.1) is 0 Å². The number of nitrogens with zero attached hydrogens (tertiary/aromatic N) is 3. The number of amides is 2. The molecule has 4 saturated carbocycles. The van der Waals surface area contributed by atoms with Crippen molar-refractivity contribution in [2.45, 2.75) is 136 Å². The van der Waals surface area contributed by atoms with E-state index in [2.05, 4.69) is 43.0 Å². The first kappa shape index (κ1) is 33.0. The van der Waals surface area contributed by atoms with Crippen LogP contribution in [0.4, 0.5) is 0 Å². The van der Waals surface area contributed by atoms with Crippen molar-refractivity contribution in [1.82, 2.24) is 20.2 Å². The molecule has 0 unspecified atom stereocenters. The second kappa shape index (κ2) is 12.5. The van der Waals surface area contributed by atoms with Gasteiger partial charge in [0.1, 0.15) is 6.42 Å². The molecule has 47 heavy (non-hydrogen) atoms. The lowest BCUT2D eigenvalue weighted by Gasteiger charge is -2.61. The first-order valence-corrected chi connectivity index (χ1v) is 20.0. The quantitative estimate of drug-likeness (QED) is 0.384. The number of carbonyl (C=O) groups excluding carboxylic acids is 2. The number of carbonyl (C=O) groups is 2. The molecule has 1 spiro atoms. The lowest BCUT2D eigenvalue weighted by Crippen LogP contribution is -2.57. The van der Waals surface area contributed by atoms with Crippen LogP contribution in [-0.2, 0) is 19.1 Å². The summed E-state index contributed by atoms with van der Waals surface area (Å²) in [6.45, 7) is 16.4. The summed E-state index contributed by atoms with van der Waals surface area (Å²) in [6, 6.07) is 0.212. The zero-order valence-electron chi connectivity index (χ0n) is 30.0. The Morgan fingerprint density at radius 2 is 1.53 bits per heavy atom. The van der Waals surface area contributed by atoms with Gasteiger partial charge in [0.15, 0.2) is 5.79 Å². The molecule has 1 N–H and O–H groups in total. The standard InChI is InChI=1S/C39H64N4O4/c1-26-10-15-39(46-25-26)27(2)36-33(47-39)23-32-30-9-8-28-22-29(11-13-37(28,3)31(30)12-14-38(32,36)4)40-34(44)24-35(45)41-18-20-43(21-19-41)42-16-6-5-7-17-42/h26-33,36H,5-25H2,1-4H3,(H,40,44)/t26-,27+,28+,29+,30-,31+,32+,33+,36+,37+,38+,39-/m1/s1. The Morgan fingerprint density at radius 1 is 0.787 bits per heavy atom. The Hall–Kier alpha value is -1.22. The van der Waals surface area contributed by atoms with Gasteiger partial charge < -0.3 is 19.7 Å². The number of hydrogen-bond donors (Lipinski definition) is 1. The van der Waals surface area contributed by atoms with Crippen LogP contribution in [0.1, 0.15) is 118 Å². The molecule has 8 heteroatoms. The molecule has 0 aromatic heterocycles. The number of nitrogens with one attached hydrogen (secondary N) is 1. The molecule has 4 aliphatic carbocycles. The Bertz CT molecular complexity index is 1180. The largest absolute Gasteiger partial charge is 0.353 e. The van der Waals surface area contributed by atoms with Gasteiger partial charge in [-0.3, -0.25) is 9.59 Å². The van der Waals surface area contributed by atoms with Gasteiger partial charge in [0.25, 0.3) is 0 Å². The lowest BCUT2D eigenvalue weighted by atomic mass is 9.44. The van der Waals surface area contributed by atoms with Crippen molar-refractivity contribution < 1.29 is 19.1 Å². The summed E-state index contributed by atoms with van der Waals surface area (Å²) in [4.78, 5) is 28.2. The number of fused-ring (bicyclic) bond motifs is 7. The maximum atomic E-state index is 13.2. The van der Waals surface area contributed by atoms with Crippen LogP contribution in [0.2, 0.25) is 0 Å². The lowest BCUT2D eigenvalue weighted by molar-refractivity contribution is -0.273. The van der Waals surface area contributed by atoms with Crippen molar-refractivity contribution in [3.8, 4) is 0 Å². The van der Waals surface area contributed by atoms with Crippen molar-refractivity contribution in [1.29, 1.82) is 0 Å². The van der Waals surface area contributed by atoms with E-state index in [4.69, 9.17) is 9.47 Å². The zero-order chi connectivity index (χ0) is 32.6. The molecule has 8 nitrogen and oxygen atoms in total. The Kier molecular flexibility index (Phi) is 8.78. The third-order valence-electron chi connectivity index (χ3n) is 16.0. The summed E-state index contributed by atoms with van der Waals surface area (Å²) in [7, 11) is 0. The number of rotatable bonds is 4. The number of hydrazine groups is 1. The molecule has 4 saturated heterocycles. The average molecular weight is 653 g/mol. The maximum absolute atomic E-state index is 13.2. The molecule has 0 aromatic rings. The van der Waals surface area contributed by atoms with Crippen LogP contribution in [0.25, 0.3) is 0 Å². The van der Waals surface area contributed by atoms with E-state index in [1.807, 2.05) is 4.90 Å². The fourth-order valence-electron chi connectivity index (χ4n) is 13.3. The van der Waals surface area contributed by atoms with E-state index in [9.17, 15) is 9.59 Å². The molecule has 12 atom stereocenters. The van der Waals surface area contributed by atoms with Gasteiger partial charge in [-0.1, -0.05) is 34.1 Å². The minimum atomic E-state index is -0.328. The molecule has 2 amide bonds. The van der Waals surface area contributed by atoms with Gasteiger partial charge in [0.05, 0.1) is 12.7 Å². The zero-order valence-corrected chi connectivity index (χ0v) is 30.0. The average Bonchev–Trinajstić information content (AvgIpc) is 3.52. The first-order valence-electron chi connectivity index (χ1n) is 20.0. The topological polar surface area (TPSA) is 74.3 Å². The predicted octanol–water partition coefficient (Wildman–Crippen LogP) is 5.85. The first-order chi connectivity index (χ1) is 22.6. The van der Waals surface area contributed by atoms with Gasteiger partial charge >= 0.3 is 0 Å². The van der Waals surface area contributed by atoms with Crippen LogP contribution < -0.4 is 5.32 Å². The van der Waals surface area contributed by atoms with E-state index in [1.165, 1.54) is 64.2 Å². The molecule has 0 radical (unpaired) electrons. The highest BCUT2D eigenvalue weighted by atomic mass is 16.7. The number of ether oxygens (including phenoxy) is 2. The number of hydrogen-bond acceptors (Lipinski definition) is 6. The number of piperidine rings is 1. The molecule has 8 rings (SSSR count). The third-order valence-corrected chi connectivity index (χ3v) is 16.0. The van der Waals surface area contributed by atoms with Crippen molar-refractivity contribution >= 4 is 11.8 Å². The van der Waals surface area contributed by atoms with Gasteiger partial charge in [-0.2, -0.15) is 0 Å². The molecular formula is C39H64N4O4. The maximum Gasteiger partial charge on any atom is 0.232 e. The summed E-state index contributed by atoms with van der Waals surface area (Å²) in [5.74, 6) is 4.39. The fourth-order valence-corrected chi connectivity index (χ4v) is 13.3. The Labute approximate surface area is 284 Å². The van der Waals surface area contributed by atoms with Crippen molar-refractivity contribution in [3.63, 3.8) is 0 Å². The van der Waals surface area contributed by atoms with E-state index in [0.717, 1.165) is 82.9 Å². The highest BCUT2D eigenvalue weighted by Crippen LogP contribution is 2.71. The van der Waals surface area contributed by atoms with Crippen LogP contribution >= 0.6 is 0 Å². The fraction of sp³-hybridized carbons (Fsp3) is 0.949. The molecule has 0 bridgehead atoms. The van der Waals surface area contributed by atoms with Crippen LogP contribution in [0.3, 0.4) is 0 Å². The van der Waals surface area contributed by atoms with Crippen LogP contribution in [0, 0.1) is 52.3 Å². The van der Waals surface area contributed by atoms with Gasteiger partial charge in [0, 0.05) is 57.6 Å². The van der Waals surface area contributed by atoms with E-state index in [0.29, 0.717) is 40.6 Å². The summed E-state index contributed by atoms with van der Waals surface area (Å²) in [5.41, 5.74) is 0.728. The van der Waals surface area contributed by atoms with E-state index < -0.39 is 0 Å². The molecule has 8 aliphatic rings. The SMILES string of the molecule is C[C@@H]1CC[C@@]2(OC1)O[C@H]1C[C@H]3[C@@H]4CC[C@H]5C[C@@H](NC(=O)CC(=O)N6CCN(N7CCCCC7)CC6)CC[C@]5(C)[C@H]4CC[C@]3(C)[C@H]1[C@@H]2C. The van der Waals surface area contributed by atoms with E-state index in [1.54, 1.807) is 0 Å². The van der Waals surface area contributed by atoms with Crippen molar-refractivity contribution in [2.24, 2.45) is 52.3 Å². The smallest absolute Gasteiger partial charge is 0.232 e. The second-order valence-electron chi connectivity index (χ2n) is 18.2. The summed E-state index contributed by atoms with van der Waals surface area (Å²) < 4.78 is 13.5. The molecule has 4 heterocycles. The van der Waals surface area contributed by atoms with E-state index >= 15 is 0 Å². The normalized spacial score (nSPS) is 48.8. The van der Waals surface area contributed by atoms with Crippen molar-refractivity contribution in [2.75, 3.05) is 45.9 Å². The summed E-state index contributed by atoms with van der Waals surface area (Å²) in [6.07, 6.45) is 16.4. The molecule has 0 aromatic carbocycles. The Balaban J connectivity index is 0.841. The molecule has 4 aliphatic heterocycles. The van der Waals surface area contributed by atoms with E-state index in [-0.39, 0.29) is 30.1 Å². The van der Waals surface area contributed by atoms with Gasteiger partial charge in [0.2, 0.25) is 11.8 Å². The predicted molar refractivity (Wildman–Crippen MR) is 182 cm³/mol. The van der Waals surface area contributed by atoms with Gasteiger partial charge in [-0.25, -0.2) is 10.0 Å². The van der Waals surface area contributed by atoms with Crippen LogP contribution in [-0.4, -0.2) is 90.5 Å². The van der Waals surface area contributed by atoms with Crippen molar-refractivity contribution in [3.05, 3.63) is 0 Å². The number of piperazine rings is 1. The van der Waals surface area contributed by atoms with Gasteiger partial charge in [-0.05, 0) is 117 Å². The Morgan fingerprint density at radius 3 is 2.28 bits per heavy atom. The minimum Gasteiger partial charge on any atom is -0.353 e. The highest BCUT2D eigenvalue weighted by Gasteiger charge is 2.69. The molecule has 8 fully saturated rings. The van der Waals surface area contributed by atoms with Crippen LogP contribution in [0.5, 0.6) is 0 Å². The summed E-state index contributed by atoms with van der Waals surface area (Å²) >= 11 is 0. The highest BCUT2D eigenvalue weighted by molar-refractivity contribution is 5.97. The monoisotopic (exact) mass is 652 g/mol. The third kappa shape index (κ3) is 5.62. The molecule has 264 valence electrons. The molecular weight excluding hydrogens is 588 g/mol.